The van der Waals surface area contributed by atoms with E-state index in [0.29, 0.717) is 0 Å². The molecular formula is C6H10N2. The van der Waals surface area contributed by atoms with E-state index < -0.39 is 0 Å². The Morgan fingerprint density at radius 2 is 2.25 bits per heavy atom. The van der Waals surface area contributed by atoms with Crippen LogP contribution in [0.15, 0.2) is 16.8 Å². The SMILES string of the molecule is CC=N/C=C(/C)C=N. The van der Waals surface area contributed by atoms with Crippen molar-refractivity contribution in [3.8, 4) is 0 Å². The zero-order chi connectivity index (χ0) is 6.41. The van der Waals surface area contributed by atoms with E-state index in [0.717, 1.165) is 5.57 Å². The van der Waals surface area contributed by atoms with Gasteiger partial charge in [-0.15, -0.1) is 0 Å². The fourth-order valence-electron chi connectivity index (χ4n) is 0.229. The fourth-order valence-corrected chi connectivity index (χ4v) is 0.229. The topological polar surface area (TPSA) is 36.2 Å². The maximum absolute atomic E-state index is 6.72. The third-order valence-electron chi connectivity index (χ3n) is 0.655. The molecule has 0 spiro atoms. The van der Waals surface area contributed by atoms with E-state index in [1.54, 1.807) is 12.4 Å². The predicted molar refractivity (Wildman–Crippen MR) is 36.7 cm³/mol. The van der Waals surface area contributed by atoms with E-state index in [1.807, 2.05) is 13.8 Å². The summed E-state index contributed by atoms with van der Waals surface area (Å²) in [6.07, 6.45) is 4.60. The van der Waals surface area contributed by atoms with Crippen LogP contribution in [0.1, 0.15) is 13.8 Å². The Bertz CT molecular complexity index is 122. The Kier molecular flexibility index (Phi) is 3.76. The van der Waals surface area contributed by atoms with Gasteiger partial charge in [0.05, 0.1) is 0 Å². The molecule has 0 saturated heterocycles. The molecule has 1 N–H and O–H groups in total. The van der Waals surface area contributed by atoms with Gasteiger partial charge < -0.3 is 5.41 Å². The molecule has 0 rings (SSSR count). The third-order valence-corrected chi connectivity index (χ3v) is 0.655. The molecule has 0 aliphatic rings. The lowest BCUT2D eigenvalue weighted by atomic mass is 10.4. The zero-order valence-corrected chi connectivity index (χ0v) is 5.18. The summed E-state index contributed by atoms with van der Waals surface area (Å²) in [4.78, 5) is 3.80. The largest absolute Gasteiger partial charge is 0.308 e. The first-order valence-electron chi connectivity index (χ1n) is 2.46. The van der Waals surface area contributed by atoms with Crippen molar-refractivity contribution in [3.05, 3.63) is 11.8 Å². The number of aliphatic imine (C=N–C) groups is 1. The normalized spacial score (nSPS) is 12.5. The number of allylic oxidation sites excluding steroid dienone is 1. The van der Waals surface area contributed by atoms with Crippen LogP contribution in [0.4, 0.5) is 0 Å². The van der Waals surface area contributed by atoms with Gasteiger partial charge in [0.25, 0.3) is 0 Å². The molecule has 0 aromatic heterocycles. The molecule has 0 aromatic rings. The van der Waals surface area contributed by atoms with Gasteiger partial charge >= 0.3 is 0 Å². The maximum atomic E-state index is 6.72. The van der Waals surface area contributed by atoms with Crippen LogP contribution in [0.2, 0.25) is 0 Å². The minimum atomic E-state index is 0.864. The zero-order valence-electron chi connectivity index (χ0n) is 5.18. The highest BCUT2D eigenvalue weighted by Gasteiger charge is 1.72. The molecule has 2 heteroatoms. The van der Waals surface area contributed by atoms with E-state index in [4.69, 9.17) is 5.41 Å². The van der Waals surface area contributed by atoms with Gasteiger partial charge in [-0.1, -0.05) is 0 Å². The van der Waals surface area contributed by atoms with Gasteiger partial charge in [-0.25, -0.2) is 0 Å². The van der Waals surface area contributed by atoms with Gasteiger partial charge in [-0.05, 0) is 19.4 Å². The Morgan fingerprint density at radius 1 is 1.62 bits per heavy atom. The van der Waals surface area contributed by atoms with Gasteiger partial charge in [-0.3, -0.25) is 4.99 Å². The lowest BCUT2D eigenvalue weighted by Gasteiger charge is -1.79. The Labute approximate surface area is 49.5 Å². The molecule has 44 valence electrons. The lowest BCUT2D eigenvalue weighted by Crippen LogP contribution is -1.71. The third kappa shape index (κ3) is 3.28. The van der Waals surface area contributed by atoms with Crippen molar-refractivity contribution in [3.63, 3.8) is 0 Å². The van der Waals surface area contributed by atoms with Crippen LogP contribution in [0.3, 0.4) is 0 Å². The first kappa shape index (κ1) is 7.08. The molecule has 0 unspecified atom stereocenters. The maximum Gasteiger partial charge on any atom is 0.0308 e. The smallest absolute Gasteiger partial charge is 0.0308 e. The van der Waals surface area contributed by atoms with Crippen LogP contribution in [0.25, 0.3) is 0 Å². The number of nitrogens with one attached hydrogen (secondary N) is 1. The molecule has 0 aliphatic carbocycles. The average Bonchev–Trinajstić information content (AvgIpc) is 1.83. The van der Waals surface area contributed by atoms with Crippen molar-refractivity contribution in [2.45, 2.75) is 13.8 Å². The second-order valence-corrected chi connectivity index (χ2v) is 1.42. The summed E-state index contributed by atoms with van der Waals surface area (Å²) in [7, 11) is 0. The van der Waals surface area contributed by atoms with Crippen molar-refractivity contribution in [2.24, 2.45) is 4.99 Å². The van der Waals surface area contributed by atoms with Gasteiger partial charge in [0.15, 0.2) is 0 Å². The minimum Gasteiger partial charge on any atom is -0.308 e. The number of rotatable bonds is 2. The van der Waals surface area contributed by atoms with E-state index in [1.165, 1.54) is 6.21 Å². The standard InChI is InChI=1S/C6H10N2/c1-3-8-5-6(2)4-7/h3-5,7H,1-2H3/b6-5-,7-4?,8-3?. The highest BCUT2D eigenvalue weighted by atomic mass is 14.7. The van der Waals surface area contributed by atoms with Gasteiger partial charge in [0, 0.05) is 18.6 Å². The fraction of sp³-hybridized carbons (Fsp3) is 0.333. The summed E-state index contributed by atoms with van der Waals surface area (Å²) < 4.78 is 0. The van der Waals surface area contributed by atoms with E-state index in [9.17, 15) is 0 Å². The number of nitrogens with zero attached hydrogens (tertiary/aromatic N) is 1. The Balaban J connectivity index is 3.74. The van der Waals surface area contributed by atoms with E-state index in [2.05, 4.69) is 4.99 Å². The molecule has 0 aliphatic heterocycles. The molecule has 0 amide bonds. The van der Waals surface area contributed by atoms with Gasteiger partial charge in [0.2, 0.25) is 0 Å². The van der Waals surface area contributed by atoms with E-state index in [-0.39, 0.29) is 0 Å². The molecule has 0 radical (unpaired) electrons. The summed E-state index contributed by atoms with van der Waals surface area (Å²) >= 11 is 0. The molecule has 2 nitrogen and oxygen atoms in total. The summed E-state index contributed by atoms with van der Waals surface area (Å²) in [5.74, 6) is 0. The summed E-state index contributed by atoms with van der Waals surface area (Å²) in [6, 6.07) is 0. The Morgan fingerprint density at radius 3 is 2.62 bits per heavy atom. The van der Waals surface area contributed by atoms with Crippen molar-refractivity contribution in [2.75, 3.05) is 0 Å². The predicted octanol–water partition coefficient (Wildman–Crippen LogP) is 1.63. The molecule has 0 bridgehead atoms. The van der Waals surface area contributed by atoms with Crippen LogP contribution < -0.4 is 0 Å². The van der Waals surface area contributed by atoms with Gasteiger partial charge in [-0.2, -0.15) is 0 Å². The van der Waals surface area contributed by atoms with Crippen molar-refractivity contribution >= 4 is 12.4 Å². The number of hydrogen-bond donors (Lipinski definition) is 1. The first-order chi connectivity index (χ1) is 3.81. The second-order valence-electron chi connectivity index (χ2n) is 1.42. The van der Waals surface area contributed by atoms with Crippen LogP contribution in [-0.2, 0) is 0 Å². The lowest BCUT2D eigenvalue weighted by molar-refractivity contribution is 1.44. The summed E-state index contributed by atoms with van der Waals surface area (Å²) in [5.41, 5.74) is 0.864. The van der Waals surface area contributed by atoms with Crippen LogP contribution in [0.5, 0.6) is 0 Å². The monoisotopic (exact) mass is 110 g/mol. The van der Waals surface area contributed by atoms with E-state index >= 15 is 0 Å². The van der Waals surface area contributed by atoms with Crippen LogP contribution in [0, 0.1) is 5.41 Å². The molecular weight excluding hydrogens is 100 g/mol. The van der Waals surface area contributed by atoms with Crippen LogP contribution >= 0.6 is 0 Å². The quantitative estimate of drug-likeness (QED) is 0.524. The molecule has 0 atom stereocenters. The average molecular weight is 110 g/mol. The van der Waals surface area contributed by atoms with Crippen molar-refractivity contribution < 1.29 is 0 Å². The molecule has 0 fully saturated rings. The molecule has 8 heavy (non-hydrogen) atoms. The second kappa shape index (κ2) is 4.24. The van der Waals surface area contributed by atoms with Crippen molar-refractivity contribution in [1.29, 1.82) is 5.41 Å². The minimum absolute atomic E-state index is 0.864. The molecule has 0 aromatic carbocycles. The Hall–Kier alpha value is -0.920. The summed E-state index contributed by atoms with van der Waals surface area (Å²) in [6.45, 7) is 3.67. The molecule has 0 saturated carbocycles. The highest BCUT2D eigenvalue weighted by molar-refractivity contribution is 5.74. The van der Waals surface area contributed by atoms with Gasteiger partial charge in [0.1, 0.15) is 0 Å². The molecule has 0 heterocycles. The number of hydrogen-bond acceptors (Lipinski definition) is 2. The first-order valence-corrected chi connectivity index (χ1v) is 2.46. The van der Waals surface area contributed by atoms with Crippen molar-refractivity contribution in [1.82, 2.24) is 0 Å². The summed E-state index contributed by atoms with van der Waals surface area (Å²) in [5, 5.41) is 6.72. The highest BCUT2D eigenvalue weighted by Crippen LogP contribution is 1.84. The van der Waals surface area contributed by atoms with Crippen LogP contribution in [-0.4, -0.2) is 12.4 Å².